The number of esters is 1. The number of rotatable bonds is 4. The van der Waals surface area contributed by atoms with Crippen LogP contribution in [0.5, 0.6) is 0 Å². The largest absolute Gasteiger partial charge is 0.465 e. The zero-order valence-electron chi connectivity index (χ0n) is 11.1. The number of methoxy groups -OCH3 is 1. The van der Waals surface area contributed by atoms with Crippen molar-refractivity contribution in [1.29, 1.82) is 0 Å². The Kier molecular flexibility index (Phi) is 4.98. The normalized spacial score (nSPS) is 17.8. The van der Waals surface area contributed by atoms with Crippen LogP contribution in [-0.2, 0) is 14.3 Å². The number of carbonyl (C=O) groups excluding carboxylic acids is 2. The first-order valence-electron chi connectivity index (χ1n) is 6.39. The van der Waals surface area contributed by atoms with E-state index in [1.807, 2.05) is 0 Å². The predicted octanol–water partition coefficient (Wildman–Crippen LogP) is 2.63. The molecular weight excluding hydrogens is 282 g/mol. The molecule has 20 heavy (non-hydrogen) atoms. The van der Waals surface area contributed by atoms with Gasteiger partial charge in [0.05, 0.1) is 35.9 Å². The highest BCUT2D eigenvalue weighted by molar-refractivity contribution is 6.33. The van der Waals surface area contributed by atoms with Crippen molar-refractivity contribution < 1.29 is 19.1 Å². The third-order valence-electron chi connectivity index (χ3n) is 3.10. The van der Waals surface area contributed by atoms with E-state index in [0.29, 0.717) is 29.3 Å². The molecule has 1 N–H and O–H groups in total. The second kappa shape index (κ2) is 6.72. The minimum absolute atomic E-state index is 0.0300. The van der Waals surface area contributed by atoms with Crippen molar-refractivity contribution in [3.63, 3.8) is 0 Å². The van der Waals surface area contributed by atoms with Crippen LogP contribution < -0.4 is 5.32 Å². The Balaban J connectivity index is 2.03. The highest BCUT2D eigenvalue weighted by atomic mass is 35.5. The molecule has 5 nitrogen and oxygen atoms in total. The summed E-state index contributed by atoms with van der Waals surface area (Å²) in [5.41, 5.74) is 0.738. The van der Waals surface area contributed by atoms with Crippen molar-refractivity contribution in [2.45, 2.75) is 25.4 Å². The SMILES string of the molecule is COC(=O)c1ccc(Cl)c(NC(=O)CC2CCCO2)c1. The van der Waals surface area contributed by atoms with Crippen molar-refractivity contribution in [3.8, 4) is 0 Å². The molecule has 0 saturated carbocycles. The smallest absolute Gasteiger partial charge is 0.337 e. The van der Waals surface area contributed by atoms with E-state index in [1.54, 1.807) is 12.1 Å². The van der Waals surface area contributed by atoms with Crippen LogP contribution in [0, 0.1) is 0 Å². The van der Waals surface area contributed by atoms with Crippen molar-refractivity contribution in [1.82, 2.24) is 0 Å². The van der Waals surface area contributed by atoms with Gasteiger partial charge < -0.3 is 14.8 Å². The number of carbonyl (C=O) groups is 2. The van der Waals surface area contributed by atoms with E-state index in [-0.39, 0.29) is 12.0 Å². The average molecular weight is 298 g/mol. The van der Waals surface area contributed by atoms with Crippen molar-refractivity contribution in [2.75, 3.05) is 19.0 Å². The number of ether oxygens (including phenoxy) is 2. The molecule has 0 radical (unpaired) electrons. The van der Waals surface area contributed by atoms with E-state index in [9.17, 15) is 9.59 Å². The van der Waals surface area contributed by atoms with Gasteiger partial charge in [0, 0.05) is 6.61 Å². The summed E-state index contributed by atoms with van der Waals surface area (Å²) in [5, 5.41) is 3.07. The molecule has 6 heteroatoms. The molecule has 0 aromatic heterocycles. The summed E-state index contributed by atoms with van der Waals surface area (Å²) in [5.74, 6) is -0.655. The number of hydrogen-bond acceptors (Lipinski definition) is 4. The quantitative estimate of drug-likeness (QED) is 0.868. The van der Waals surface area contributed by atoms with E-state index in [1.165, 1.54) is 13.2 Å². The molecule has 0 bridgehead atoms. The minimum atomic E-state index is -0.476. The molecule has 1 aliphatic heterocycles. The first kappa shape index (κ1) is 14.8. The minimum Gasteiger partial charge on any atom is -0.465 e. The van der Waals surface area contributed by atoms with Gasteiger partial charge >= 0.3 is 5.97 Å². The fourth-order valence-corrected chi connectivity index (χ4v) is 2.24. The van der Waals surface area contributed by atoms with Crippen LogP contribution in [0.3, 0.4) is 0 Å². The van der Waals surface area contributed by atoms with Crippen LogP contribution in [0.25, 0.3) is 0 Å². The molecule has 1 amide bonds. The Labute approximate surface area is 122 Å². The Morgan fingerprint density at radius 3 is 2.95 bits per heavy atom. The second-order valence-corrected chi connectivity index (χ2v) is 4.98. The van der Waals surface area contributed by atoms with Crippen molar-refractivity contribution >= 4 is 29.2 Å². The first-order valence-corrected chi connectivity index (χ1v) is 6.77. The van der Waals surface area contributed by atoms with E-state index in [4.69, 9.17) is 16.3 Å². The van der Waals surface area contributed by atoms with Gasteiger partial charge in [-0.3, -0.25) is 4.79 Å². The molecule has 0 aliphatic carbocycles. The Hall–Kier alpha value is -1.59. The zero-order chi connectivity index (χ0) is 14.5. The van der Waals surface area contributed by atoms with E-state index in [2.05, 4.69) is 10.1 Å². The van der Waals surface area contributed by atoms with Gasteiger partial charge in [-0.25, -0.2) is 4.79 Å². The van der Waals surface area contributed by atoms with Crippen LogP contribution in [0.4, 0.5) is 5.69 Å². The third kappa shape index (κ3) is 3.71. The van der Waals surface area contributed by atoms with Gasteiger partial charge in [-0.1, -0.05) is 11.6 Å². The molecule has 1 aromatic rings. The average Bonchev–Trinajstić information content (AvgIpc) is 2.93. The van der Waals surface area contributed by atoms with Gasteiger partial charge in [0.25, 0.3) is 0 Å². The molecule has 1 unspecified atom stereocenters. The molecule has 1 atom stereocenters. The maximum atomic E-state index is 11.9. The topological polar surface area (TPSA) is 64.6 Å². The monoisotopic (exact) mass is 297 g/mol. The molecule has 1 heterocycles. The lowest BCUT2D eigenvalue weighted by Gasteiger charge is -2.11. The highest BCUT2D eigenvalue weighted by Crippen LogP contribution is 2.24. The predicted molar refractivity (Wildman–Crippen MR) is 75.0 cm³/mol. The van der Waals surface area contributed by atoms with Crippen LogP contribution in [0.2, 0.25) is 5.02 Å². The van der Waals surface area contributed by atoms with Gasteiger partial charge in [-0.2, -0.15) is 0 Å². The highest BCUT2D eigenvalue weighted by Gasteiger charge is 2.20. The summed E-state index contributed by atoms with van der Waals surface area (Å²) >= 11 is 6.01. The second-order valence-electron chi connectivity index (χ2n) is 4.57. The Morgan fingerprint density at radius 2 is 2.30 bits per heavy atom. The summed E-state index contributed by atoms with van der Waals surface area (Å²) < 4.78 is 10.0. The number of nitrogens with one attached hydrogen (secondary N) is 1. The van der Waals surface area contributed by atoms with Gasteiger partial charge in [-0.05, 0) is 31.0 Å². The summed E-state index contributed by atoms with van der Waals surface area (Å²) in [7, 11) is 1.30. The maximum absolute atomic E-state index is 11.9. The van der Waals surface area contributed by atoms with Gasteiger partial charge in [-0.15, -0.1) is 0 Å². The van der Waals surface area contributed by atoms with Gasteiger partial charge in [0.15, 0.2) is 0 Å². The first-order chi connectivity index (χ1) is 9.60. The molecule has 1 fully saturated rings. The molecule has 2 rings (SSSR count). The summed E-state index contributed by atoms with van der Waals surface area (Å²) in [6.45, 7) is 0.705. The van der Waals surface area contributed by atoms with Crippen LogP contribution in [0.1, 0.15) is 29.6 Å². The summed E-state index contributed by atoms with van der Waals surface area (Å²) in [6, 6.07) is 4.60. The molecule has 108 valence electrons. The van der Waals surface area contributed by atoms with E-state index in [0.717, 1.165) is 12.8 Å². The number of amides is 1. The van der Waals surface area contributed by atoms with Crippen LogP contribution in [0.15, 0.2) is 18.2 Å². The third-order valence-corrected chi connectivity index (χ3v) is 3.43. The molecule has 1 aromatic carbocycles. The Bertz CT molecular complexity index is 512. The van der Waals surface area contributed by atoms with Crippen molar-refractivity contribution in [2.24, 2.45) is 0 Å². The number of hydrogen-bond donors (Lipinski definition) is 1. The molecule has 0 spiro atoms. The fraction of sp³-hybridized carbons (Fsp3) is 0.429. The standard InChI is InChI=1S/C14H16ClNO4/c1-19-14(18)9-4-5-11(15)12(7-9)16-13(17)8-10-3-2-6-20-10/h4-5,7,10H,2-3,6,8H2,1H3,(H,16,17). The lowest BCUT2D eigenvalue weighted by molar-refractivity contribution is -0.118. The van der Waals surface area contributed by atoms with Gasteiger partial charge in [0.2, 0.25) is 5.91 Å². The maximum Gasteiger partial charge on any atom is 0.337 e. The van der Waals surface area contributed by atoms with Crippen LogP contribution in [-0.4, -0.2) is 31.7 Å². The molecule has 1 saturated heterocycles. The van der Waals surface area contributed by atoms with Gasteiger partial charge in [0.1, 0.15) is 0 Å². The van der Waals surface area contributed by atoms with Crippen molar-refractivity contribution in [3.05, 3.63) is 28.8 Å². The fourth-order valence-electron chi connectivity index (χ4n) is 2.08. The summed E-state index contributed by atoms with van der Waals surface area (Å²) in [4.78, 5) is 23.3. The summed E-state index contributed by atoms with van der Waals surface area (Å²) in [6.07, 6.45) is 2.14. The number of anilines is 1. The van der Waals surface area contributed by atoms with E-state index >= 15 is 0 Å². The van der Waals surface area contributed by atoms with Crippen LogP contribution >= 0.6 is 11.6 Å². The number of benzene rings is 1. The molecule has 1 aliphatic rings. The zero-order valence-corrected chi connectivity index (χ0v) is 11.9. The lowest BCUT2D eigenvalue weighted by atomic mass is 10.1. The number of halogens is 1. The van der Waals surface area contributed by atoms with E-state index < -0.39 is 5.97 Å². The Morgan fingerprint density at radius 1 is 1.50 bits per heavy atom. The lowest BCUT2D eigenvalue weighted by Crippen LogP contribution is -2.19. The molecular formula is C14H16ClNO4.